The van der Waals surface area contributed by atoms with E-state index < -0.39 is 10.1 Å². The Balaban J connectivity index is 0.000000283. The van der Waals surface area contributed by atoms with Crippen molar-refractivity contribution >= 4 is 78.4 Å². The Bertz CT molecular complexity index is 1700. The number of fused-ring (bicyclic) bond motifs is 2. The van der Waals surface area contributed by atoms with E-state index in [1.807, 2.05) is 42.2 Å². The third-order valence-electron chi connectivity index (χ3n) is 6.35. The SMILES string of the molecule is CCC(=Cc1sc2ccc(Cl)cc2[n+]1CC)C=C1Sc2ccc(Cl)cc2N1CC.Cc1ccc(S(=O)(=O)[O-])cc1. The number of allylic oxidation sites excluding steroid dienone is 2. The van der Waals surface area contributed by atoms with E-state index in [1.54, 1.807) is 12.1 Å². The van der Waals surface area contributed by atoms with Gasteiger partial charge in [0.15, 0.2) is 0 Å². The van der Waals surface area contributed by atoms with Crippen molar-refractivity contribution in [2.45, 2.75) is 50.5 Å². The van der Waals surface area contributed by atoms with Crippen LogP contribution >= 0.6 is 46.3 Å². The van der Waals surface area contributed by atoms with Crippen LogP contribution in [0.1, 0.15) is 37.8 Å². The largest absolute Gasteiger partial charge is 0.744 e. The van der Waals surface area contributed by atoms with Gasteiger partial charge in [0.2, 0.25) is 5.52 Å². The summed E-state index contributed by atoms with van der Waals surface area (Å²) >= 11 is 16.1. The molecule has 0 N–H and O–H groups in total. The van der Waals surface area contributed by atoms with Crippen molar-refractivity contribution < 1.29 is 17.5 Å². The molecule has 0 amide bonds. The van der Waals surface area contributed by atoms with Crippen LogP contribution in [0.15, 0.2) is 87.1 Å². The molecule has 4 aromatic rings. The van der Waals surface area contributed by atoms with Gasteiger partial charge in [0.25, 0.3) is 5.01 Å². The number of thioether (sulfide) groups is 1. The van der Waals surface area contributed by atoms with E-state index in [-0.39, 0.29) is 4.90 Å². The van der Waals surface area contributed by atoms with Crippen LogP contribution in [-0.4, -0.2) is 19.5 Å². The number of aromatic nitrogens is 1. The van der Waals surface area contributed by atoms with Gasteiger partial charge in [-0.25, -0.2) is 8.42 Å². The molecule has 0 saturated heterocycles. The average Bonchev–Trinajstić information content (AvgIpc) is 3.43. The molecule has 5 nitrogen and oxygen atoms in total. The molecule has 3 aromatic carbocycles. The van der Waals surface area contributed by atoms with Crippen molar-refractivity contribution in [1.29, 1.82) is 0 Å². The molecule has 0 aliphatic carbocycles. The zero-order valence-electron chi connectivity index (χ0n) is 22.6. The quantitative estimate of drug-likeness (QED) is 0.157. The average molecular weight is 634 g/mol. The summed E-state index contributed by atoms with van der Waals surface area (Å²) in [5.41, 5.74) is 4.64. The lowest BCUT2D eigenvalue weighted by Crippen LogP contribution is -2.33. The summed E-state index contributed by atoms with van der Waals surface area (Å²) in [7, 11) is -4.27. The van der Waals surface area contributed by atoms with Crippen molar-refractivity contribution in [3.8, 4) is 0 Å². The van der Waals surface area contributed by atoms with Gasteiger partial charge in [-0.2, -0.15) is 4.57 Å². The van der Waals surface area contributed by atoms with E-state index in [0.29, 0.717) is 0 Å². The van der Waals surface area contributed by atoms with E-state index in [4.69, 9.17) is 23.2 Å². The first-order valence-corrected chi connectivity index (χ1v) is 16.6. The summed E-state index contributed by atoms with van der Waals surface area (Å²) in [6.07, 6.45) is 5.61. The van der Waals surface area contributed by atoms with Crippen molar-refractivity contribution in [2.24, 2.45) is 0 Å². The second-order valence-corrected chi connectivity index (χ2v) is 13.5. The standard InChI is InChI=1S/C23H23Cl2N2S2.C7H8O3S/c1-4-15(11-22-26(5-2)18-13-16(24)7-9-20(18)28-22)12-23-27(6-3)19-14-17(25)8-10-21(19)29-23;1-6-2-4-7(5-3-6)11(8,9)10/h7-14H,4-6H2,1-3H3;2-5H,1H3,(H,8,9,10)/q+1;/p-1. The first kappa shape index (κ1) is 30.6. The van der Waals surface area contributed by atoms with Gasteiger partial charge in [-0.1, -0.05) is 70.9 Å². The smallest absolute Gasteiger partial charge is 0.263 e. The van der Waals surface area contributed by atoms with Gasteiger partial charge in [0.05, 0.1) is 15.6 Å². The highest BCUT2D eigenvalue weighted by Gasteiger charge is 2.25. The Labute approximate surface area is 254 Å². The third-order valence-corrected chi connectivity index (χ3v) is 9.90. The number of benzene rings is 3. The highest BCUT2D eigenvalue weighted by atomic mass is 35.5. The maximum atomic E-state index is 10.4. The number of nitrogens with zero attached hydrogens (tertiary/aromatic N) is 2. The molecule has 1 aromatic heterocycles. The van der Waals surface area contributed by atoms with Gasteiger partial charge in [-0.3, -0.25) is 0 Å². The Morgan fingerprint density at radius 3 is 2.30 bits per heavy atom. The number of aryl methyl sites for hydroxylation is 2. The van der Waals surface area contributed by atoms with Gasteiger partial charge in [0, 0.05) is 33.6 Å². The second-order valence-electron chi connectivity index (χ2n) is 9.08. The fraction of sp³-hybridized carbons (Fsp3) is 0.233. The first-order valence-electron chi connectivity index (χ1n) is 12.9. The van der Waals surface area contributed by atoms with Crippen molar-refractivity contribution in [2.75, 3.05) is 11.4 Å². The number of hydrogen-bond acceptors (Lipinski definition) is 6. The number of hydrogen-bond donors (Lipinski definition) is 0. The number of thiazole rings is 1. The maximum Gasteiger partial charge on any atom is 0.263 e. The normalized spacial score (nSPS) is 14.4. The van der Waals surface area contributed by atoms with Crippen LogP contribution in [0.3, 0.4) is 0 Å². The topological polar surface area (TPSA) is 64.3 Å². The highest BCUT2D eigenvalue weighted by Crippen LogP contribution is 2.47. The summed E-state index contributed by atoms with van der Waals surface area (Å²) in [6.45, 7) is 10.2. The Morgan fingerprint density at radius 1 is 1.00 bits per heavy atom. The fourth-order valence-electron chi connectivity index (χ4n) is 4.28. The molecular weight excluding hydrogens is 603 g/mol. The lowest BCUT2D eigenvalue weighted by molar-refractivity contribution is -0.665. The zero-order valence-corrected chi connectivity index (χ0v) is 26.6. The predicted molar refractivity (Wildman–Crippen MR) is 169 cm³/mol. The first-order chi connectivity index (χ1) is 19.0. The molecule has 0 atom stereocenters. The molecule has 1 aliphatic heterocycles. The molecule has 0 unspecified atom stereocenters. The molecule has 0 saturated carbocycles. The Kier molecular flexibility index (Phi) is 10.0. The molecule has 0 radical (unpaired) electrons. The Morgan fingerprint density at radius 2 is 1.68 bits per heavy atom. The van der Waals surface area contributed by atoms with E-state index >= 15 is 0 Å². The van der Waals surface area contributed by atoms with Crippen molar-refractivity contribution in [3.63, 3.8) is 0 Å². The van der Waals surface area contributed by atoms with Crippen LogP contribution < -0.4 is 9.47 Å². The van der Waals surface area contributed by atoms with Gasteiger partial charge in [-0.05, 0) is 81.3 Å². The van der Waals surface area contributed by atoms with Crippen molar-refractivity contribution in [3.05, 3.63) is 98.0 Å². The van der Waals surface area contributed by atoms with Crippen LogP contribution in [0.2, 0.25) is 10.0 Å². The van der Waals surface area contributed by atoms with Crippen molar-refractivity contribution in [1.82, 2.24) is 0 Å². The molecule has 2 heterocycles. The highest BCUT2D eigenvalue weighted by molar-refractivity contribution is 8.03. The van der Waals surface area contributed by atoms with Gasteiger partial charge >= 0.3 is 0 Å². The van der Waals surface area contributed by atoms with Gasteiger partial charge in [0.1, 0.15) is 21.4 Å². The minimum atomic E-state index is -4.27. The van der Waals surface area contributed by atoms with E-state index in [9.17, 15) is 13.0 Å². The number of halogens is 2. The van der Waals surface area contributed by atoms with E-state index in [0.717, 1.165) is 35.1 Å². The third kappa shape index (κ3) is 7.11. The minimum absolute atomic E-state index is 0.178. The van der Waals surface area contributed by atoms with Crippen LogP contribution in [0.25, 0.3) is 16.3 Å². The molecular formula is C30H30Cl2N2O3S3. The van der Waals surface area contributed by atoms with Gasteiger partial charge < -0.3 is 9.45 Å². The summed E-state index contributed by atoms with van der Waals surface area (Å²) in [5, 5.41) is 4.07. The Hall–Kier alpha value is -2.33. The van der Waals surface area contributed by atoms with Crippen LogP contribution in [0.4, 0.5) is 5.69 Å². The van der Waals surface area contributed by atoms with Crippen LogP contribution in [0.5, 0.6) is 0 Å². The molecule has 0 fully saturated rings. The summed E-state index contributed by atoms with van der Waals surface area (Å²) in [6, 6.07) is 18.1. The lowest BCUT2D eigenvalue weighted by atomic mass is 10.2. The molecule has 210 valence electrons. The monoisotopic (exact) mass is 632 g/mol. The number of rotatable bonds is 6. The molecule has 5 rings (SSSR count). The molecule has 1 aliphatic rings. The fourth-order valence-corrected chi connectivity index (χ4v) is 7.45. The molecule has 40 heavy (non-hydrogen) atoms. The minimum Gasteiger partial charge on any atom is -0.744 e. The van der Waals surface area contributed by atoms with E-state index in [1.165, 1.54) is 48.5 Å². The zero-order chi connectivity index (χ0) is 29.0. The van der Waals surface area contributed by atoms with Crippen LogP contribution in [0, 0.1) is 6.92 Å². The van der Waals surface area contributed by atoms with Crippen LogP contribution in [-0.2, 0) is 16.7 Å². The predicted octanol–water partition coefficient (Wildman–Crippen LogP) is 8.68. The summed E-state index contributed by atoms with van der Waals surface area (Å²) in [5.74, 6) is 0. The lowest BCUT2D eigenvalue weighted by Gasteiger charge is -2.18. The van der Waals surface area contributed by atoms with E-state index in [2.05, 4.69) is 66.7 Å². The number of anilines is 1. The maximum absolute atomic E-state index is 10.4. The molecule has 0 spiro atoms. The second kappa shape index (κ2) is 13.1. The summed E-state index contributed by atoms with van der Waals surface area (Å²) in [4.78, 5) is 3.43. The molecule has 10 heteroatoms. The molecule has 0 bridgehead atoms. The van der Waals surface area contributed by atoms with Gasteiger partial charge in [-0.15, -0.1) is 0 Å². The summed E-state index contributed by atoms with van der Waals surface area (Å²) < 4.78 is 34.8.